The van der Waals surface area contributed by atoms with Gasteiger partial charge in [0.25, 0.3) is 5.91 Å². The van der Waals surface area contributed by atoms with Gasteiger partial charge in [-0.05, 0) is 49.1 Å². The zero-order chi connectivity index (χ0) is 17.2. The van der Waals surface area contributed by atoms with Gasteiger partial charge in [-0.2, -0.15) is 0 Å². The van der Waals surface area contributed by atoms with Crippen molar-refractivity contribution in [3.8, 4) is 5.75 Å². The maximum atomic E-state index is 12.7. The van der Waals surface area contributed by atoms with Gasteiger partial charge < -0.3 is 10.1 Å². The third-order valence-electron chi connectivity index (χ3n) is 4.50. The van der Waals surface area contributed by atoms with Crippen molar-refractivity contribution in [1.82, 2.24) is 19.7 Å². The van der Waals surface area contributed by atoms with Gasteiger partial charge in [-0.25, -0.2) is 9.97 Å². The van der Waals surface area contributed by atoms with Crippen molar-refractivity contribution >= 4 is 11.7 Å². The standard InChI is InChI=1S/C19H20N4O2/c1-2-15(16-12-23-9-4-8-20-19(23)22-16)21-18(24)14-6-7-17-13(11-14)5-3-10-25-17/h4,6-9,11-12,15H,2-3,5,10H2,1H3,(H,21,24)/t15-/m0/s1. The van der Waals surface area contributed by atoms with Crippen LogP contribution in [-0.2, 0) is 6.42 Å². The fourth-order valence-corrected chi connectivity index (χ4v) is 3.14. The summed E-state index contributed by atoms with van der Waals surface area (Å²) in [4.78, 5) is 21.4. The van der Waals surface area contributed by atoms with Gasteiger partial charge in [-0.3, -0.25) is 9.20 Å². The number of benzene rings is 1. The molecule has 1 aliphatic rings. The molecule has 0 aliphatic carbocycles. The van der Waals surface area contributed by atoms with E-state index in [1.165, 1.54) is 0 Å². The van der Waals surface area contributed by atoms with Crippen LogP contribution in [0.1, 0.15) is 47.4 Å². The molecule has 0 spiro atoms. The quantitative estimate of drug-likeness (QED) is 0.795. The van der Waals surface area contributed by atoms with E-state index in [1.54, 1.807) is 6.20 Å². The number of aryl methyl sites for hydroxylation is 1. The van der Waals surface area contributed by atoms with Crippen LogP contribution in [0, 0.1) is 0 Å². The Bertz CT molecular complexity index is 886. The van der Waals surface area contributed by atoms with Gasteiger partial charge in [0.05, 0.1) is 18.3 Å². The minimum Gasteiger partial charge on any atom is -0.493 e. The molecule has 0 saturated carbocycles. The van der Waals surface area contributed by atoms with Crippen molar-refractivity contribution in [3.05, 3.63) is 59.7 Å². The maximum absolute atomic E-state index is 12.7. The third-order valence-corrected chi connectivity index (χ3v) is 4.50. The van der Waals surface area contributed by atoms with E-state index < -0.39 is 0 Å². The summed E-state index contributed by atoms with van der Waals surface area (Å²) in [6.45, 7) is 2.78. The molecule has 6 heteroatoms. The van der Waals surface area contributed by atoms with Crippen LogP contribution in [0.4, 0.5) is 0 Å². The highest BCUT2D eigenvalue weighted by Gasteiger charge is 2.19. The lowest BCUT2D eigenvalue weighted by Gasteiger charge is -2.19. The number of hydrogen-bond donors (Lipinski definition) is 1. The van der Waals surface area contributed by atoms with Crippen molar-refractivity contribution in [2.45, 2.75) is 32.2 Å². The first-order valence-corrected chi connectivity index (χ1v) is 8.61. The van der Waals surface area contributed by atoms with Gasteiger partial charge in [0, 0.05) is 24.2 Å². The lowest BCUT2D eigenvalue weighted by molar-refractivity contribution is 0.0934. The van der Waals surface area contributed by atoms with Crippen molar-refractivity contribution in [2.24, 2.45) is 0 Å². The number of aromatic nitrogens is 3. The first-order chi connectivity index (χ1) is 12.2. The highest BCUT2D eigenvalue weighted by molar-refractivity contribution is 5.94. The fraction of sp³-hybridized carbons (Fsp3) is 0.316. The van der Waals surface area contributed by atoms with Crippen LogP contribution >= 0.6 is 0 Å². The van der Waals surface area contributed by atoms with E-state index >= 15 is 0 Å². The van der Waals surface area contributed by atoms with E-state index in [1.807, 2.05) is 48.0 Å². The normalized spacial score (nSPS) is 14.6. The molecular weight excluding hydrogens is 316 g/mol. The summed E-state index contributed by atoms with van der Waals surface area (Å²) >= 11 is 0. The number of rotatable bonds is 4. The summed E-state index contributed by atoms with van der Waals surface area (Å²) in [5.41, 5.74) is 2.57. The summed E-state index contributed by atoms with van der Waals surface area (Å²) in [6.07, 6.45) is 8.22. The summed E-state index contributed by atoms with van der Waals surface area (Å²) in [5.74, 6) is 1.43. The number of imidazole rings is 1. The van der Waals surface area contributed by atoms with Crippen LogP contribution in [0.15, 0.2) is 42.9 Å². The lowest BCUT2D eigenvalue weighted by Crippen LogP contribution is -2.28. The summed E-state index contributed by atoms with van der Waals surface area (Å²) in [6, 6.07) is 7.34. The van der Waals surface area contributed by atoms with Crippen LogP contribution in [0.25, 0.3) is 5.78 Å². The van der Waals surface area contributed by atoms with E-state index in [-0.39, 0.29) is 11.9 Å². The Morgan fingerprint density at radius 3 is 3.20 bits per heavy atom. The van der Waals surface area contributed by atoms with E-state index in [2.05, 4.69) is 15.3 Å². The number of fused-ring (bicyclic) bond motifs is 2. The number of amides is 1. The zero-order valence-corrected chi connectivity index (χ0v) is 14.1. The molecule has 0 saturated heterocycles. The number of carbonyl (C=O) groups excluding carboxylic acids is 1. The Labute approximate surface area is 145 Å². The molecule has 4 rings (SSSR count). The first kappa shape index (κ1) is 15.6. The van der Waals surface area contributed by atoms with E-state index in [0.717, 1.165) is 42.9 Å². The van der Waals surface area contributed by atoms with Crippen molar-refractivity contribution < 1.29 is 9.53 Å². The first-order valence-electron chi connectivity index (χ1n) is 8.61. The molecule has 1 aliphatic heterocycles. The Balaban J connectivity index is 1.55. The second-order valence-electron chi connectivity index (χ2n) is 6.20. The maximum Gasteiger partial charge on any atom is 0.251 e. The highest BCUT2D eigenvalue weighted by atomic mass is 16.5. The molecule has 2 aromatic heterocycles. The smallest absolute Gasteiger partial charge is 0.251 e. The predicted molar refractivity (Wildman–Crippen MR) is 93.7 cm³/mol. The molecule has 3 aromatic rings. The molecule has 0 fully saturated rings. The summed E-state index contributed by atoms with van der Waals surface area (Å²) < 4.78 is 7.47. The van der Waals surface area contributed by atoms with Crippen molar-refractivity contribution in [1.29, 1.82) is 0 Å². The van der Waals surface area contributed by atoms with Gasteiger partial charge in [0.15, 0.2) is 0 Å². The molecule has 1 N–H and O–H groups in total. The van der Waals surface area contributed by atoms with Crippen LogP contribution in [0.5, 0.6) is 5.75 Å². The van der Waals surface area contributed by atoms with Crippen LogP contribution < -0.4 is 10.1 Å². The third kappa shape index (κ3) is 3.07. The van der Waals surface area contributed by atoms with Gasteiger partial charge in [-0.15, -0.1) is 0 Å². The van der Waals surface area contributed by atoms with Crippen molar-refractivity contribution in [3.63, 3.8) is 0 Å². The van der Waals surface area contributed by atoms with E-state index in [4.69, 9.17) is 4.74 Å². The molecule has 128 valence electrons. The molecule has 1 aromatic carbocycles. The Hall–Kier alpha value is -2.89. The number of hydrogen-bond acceptors (Lipinski definition) is 4. The summed E-state index contributed by atoms with van der Waals surface area (Å²) in [7, 11) is 0. The SMILES string of the molecule is CC[C@H](NC(=O)c1ccc2c(c1)CCCO2)c1cn2cccnc2n1. The van der Waals surface area contributed by atoms with E-state index in [9.17, 15) is 4.79 Å². The predicted octanol–water partition coefficient (Wildman–Crippen LogP) is 2.94. The highest BCUT2D eigenvalue weighted by Crippen LogP contribution is 2.26. The average Bonchev–Trinajstić information content (AvgIpc) is 3.09. The molecular formula is C19H20N4O2. The fourth-order valence-electron chi connectivity index (χ4n) is 3.14. The van der Waals surface area contributed by atoms with Crippen LogP contribution in [-0.4, -0.2) is 26.9 Å². The topological polar surface area (TPSA) is 68.5 Å². The van der Waals surface area contributed by atoms with Gasteiger partial charge >= 0.3 is 0 Å². The monoisotopic (exact) mass is 336 g/mol. The Morgan fingerprint density at radius 1 is 1.44 bits per heavy atom. The molecule has 25 heavy (non-hydrogen) atoms. The minimum atomic E-state index is -0.151. The van der Waals surface area contributed by atoms with Crippen LogP contribution in [0.2, 0.25) is 0 Å². The van der Waals surface area contributed by atoms with Crippen molar-refractivity contribution in [2.75, 3.05) is 6.61 Å². The summed E-state index contributed by atoms with van der Waals surface area (Å²) in [5, 5.41) is 3.08. The molecule has 0 unspecified atom stereocenters. The molecule has 1 amide bonds. The molecule has 6 nitrogen and oxygen atoms in total. The van der Waals surface area contributed by atoms with Gasteiger partial charge in [0.2, 0.25) is 5.78 Å². The number of nitrogens with zero attached hydrogens (tertiary/aromatic N) is 3. The van der Waals surface area contributed by atoms with Crippen LogP contribution in [0.3, 0.4) is 0 Å². The molecule has 0 bridgehead atoms. The van der Waals surface area contributed by atoms with E-state index in [0.29, 0.717) is 11.3 Å². The second-order valence-corrected chi connectivity index (χ2v) is 6.20. The second kappa shape index (κ2) is 6.55. The molecule has 0 radical (unpaired) electrons. The minimum absolute atomic E-state index is 0.0924. The Kier molecular flexibility index (Phi) is 4.09. The lowest BCUT2D eigenvalue weighted by atomic mass is 10.0. The zero-order valence-electron chi connectivity index (χ0n) is 14.1. The molecule has 1 atom stereocenters. The van der Waals surface area contributed by atoms with Gasteiger partial charge in [-0.1, -0.05) is 6.92 Å². The molecule has 3 heterocycles. The number of ether oxygens (including phenoxy) is 1. The van der Waals surface area contributed by atoms with Gasteiger partial charge in [0.1, 0.15) is 5.75 Å². The largest absolute Gasteiger partial charge is 0.493 e. The average molecular weight is 336 g/mol. The number of nitrogens with one attached hydrogen (secondary N) is 1. The number of carbonyl (C=O) groups is 1. The Morgan fingerprint density at radius 2 is 2.36 bits per heavy atom.